The van der Waals surface area contributed by atoms with E-state index < -0.39 is 0 Å². The Balaban J connectivity index is 1.30. The minimum Gasteiger partial charge on any atom is -0.370 e. The molecular weight excluding hydrogens is 362 g/mol. The zero-order valence-corrected chi connectivity index (χ0v) is 16.8. The molecule has 4 rings (SSSR count). The van der Waals surface area contributed by atoms with Crippen LogP contribution in [0.1, 0.15) is 24.0 Å². The van der Waals surface area contributed by atoms with Crippen LogP contribution in [0.25, 0.3) is 0 Å². The van der Waals surface area contributed by atoms with Gasteiger partial charge in [-0.1, -0.05) is 30.3 Å². The van der Waals surface area contributed by atoms with Crippen LogP contribution in [0.15, 0.2) is 53.5 Å². The number of aryl methyl sites for hydroxylation is 1. The van der Waals surface area contributed by atoms with E-state index in [9.17, 15) is 4.79 Å². The summed E-state index contributed by atoms with van der Waals surface area (Å²) in [6.45, 7) is 3.18. The lowest BCUT2D eigenvalue weighted by molar-refractivity contribution is -0.129. The number of hydrogen-bond donors (Lipinski definition) is 2. The summed E-state index contributed by atoms with van der Waals surface area (Å²) in [5.74, 6) is 0.331. The number of carbonyl (C=O) groups excluding carboxylic acids is 1. The highest BCUT2D eigenvalue weighted by atomic mass is 16.2. The Hall–Kier alpha value is -3.02. The summed E-state index contributed by atoms with van der Waals surface area (Å²) in [5.41, 5.74) is 11.0. The van der Waals surface area contributed by atoms with Crippen molar-refractivity contribution >= 4 is 23.2 Å². The molecule has 1 amide bonds. The molecule has 1 aliphatic heterocycles. The molecule has 0 spiro atoms. The number of nitrogens with one attached hydrogen (secondary N) is 1. The molecule has 0 aromatic heterocycles. The summed E-state index contributed by atoms with van der Waals surface area (Å²) in [7, 11) is 0. The summed E-state index contributed by atoms with van der Waals surface area (Å²) < 4.78 is 0. The minimum atomic E-state index is 0.0255. The molecule has 0 radical (unpaired) electrons. The average molecular weight is 392 g/mol. The van der Waals surface area contributed by atoms with E-state index in [2.05, 4.69) is 39.5 Å². The van der Waals surface area contributed by atoms with Gasteiger partial charge in [0.1, 0.15) is 6.54 Å². The van der Waals surface area contributed by atoms with Crippen molar-refractivity contribution in [3.63, 3.8) is 0 Å². The highest BCUT2D eigenvalue weighted by molar-refractivity contribution is 5.94. The minimum absolute atomic E-state index is 0.0255. The van der Waals surface area contributed by atoms with E-state index in [1.54, 1.807) is 0 Å². The number of fused-ring (bicyclic) bond motifs is 1. The summed E-state index contributed by atoms with van der Waals surface area (Å²) in [5, 5.41) is 3.21. The Morgan fingerprint density at radius 3 is 2.52 bits per heavy atom. The number of carbonyl (C=O) groups is 1. The maximum atomic E-state index is 12.5. The van der Waals surface area contributed by atoms with Crippen molar-refractivity contribution in [2.24, 2.45) is 10.7 Å². The number of guanidine groups is 1. The third-order valence-corrected chi connectivity index (χ3v) is 5.80. The normalized spacial score (nSPS) is 17.0. The van der Waals surface area contributed by atoms with Crippen molar-refractivity contribution in [3.05, 3.63) is 59.7 Å². The van der Waals surface area contributed by atoms with Crippen molar-refractivity contribution in [2.45, 2.75) is 25.7 Å². The molecule has 3 N–H and O–H groups in total. The van der Waals surface area contributed by atoms with Crippen LogP contribution in [0.2, 0.25) is 0 Å². The Morgan fingerprint density at radius 2 is 1.72 bits per heavy atom. The van der Waals surface area contributed by atoms with Crippen LogP contribution in [0.3, 0.4) is 0 Å². The van der Waals surface area contributed by atoms with Gasteiger partial charge in [-0.3, -0.25) is 4.79 Å². The molecule has 29 heavy (non-hydrogen) atoms. The summed E-state index contributed by atoms with van der Waals surface area (Å²) in [6.07, 6.45) is 4.63. The first-order valence-corrected chi connectivity index (χ1v) is 10.5. The van der Waals surface area contributed by atoms with E-state index in [1.807, 2.05) is 29.2 Å². The van der Waals surface area contributed by atoms with Crippen molar-refractivity contribution < 1.29 is 4.79 Å². The highest BCUT2D eigenvalue weighted by Crippen LogP contribution is 2.27. The fourth-order valence-electron chi connectivity index (χ4n) is 4.18. The van der Waals surface area contributed by atoms with E-state index in [1.165, 1.54) is 29.7 Å². The molecule has 0 bridgehead atoms. The lowest BCUT2D eigenvalue weighted by atomic mass is 9.90. The van der Waals surface area contributed by atoms with Gasteiger partial charge < -0.3 is 20.9 Å². The van der Waals surface area contributed by atoms with Crippen LogP contribution in [0, 0.1) is 0 Å². The Morgan fingerprint density at radius 1 is 0.966 bits per heavy atom. The number of benzene rings is 2. The molecule has 2 aromatic rings. The predicted molar refractivity (Wildman–Crippen MR) is 118 cm³/mol. The van der Waals surface area contributed by atoms with E-state index >= 15 is 0 Å². The molecule has 0 unspecified atom stereocenters. The van der Waals surface area contributed by atoms with Crippen molar-refractivity contribution in [3.8, 4) is 0 Å². The first kappa shape index (κ1) is 19.3. The maximum Gasteiger partial charge on any atom is 0.244 e. The molecule has 6 nitrogen and oxygen atoms in total. The van der Waals surface area contributed by atoms with Crippen LogP contribution in [-0.2, 0) is 17.6 Å². The quantitative estimate of drug-likeness (QED) is 0.621. The number of rotatable bonds is 4. The van der Waals surface area contributed by atoms with Crippen molar-refractivity contribution in [1.82, 2.24) is 4.90 Å². The molecule has 0 saturated carbocycles. The number of amides is 1. The topological polar surface area (TPSA) is 74.0 Å². The largest absolute Gasteiger partial charge is 0.370 e. The number of nitrogens with two attached hydrogens (primary N) is 1. The third kappa shape index (κ3) is 4.70. The van der Waals surface area contributed by atoms with Gasteiger partial charge >= 0.3 is 0 Å². The Labute approximate surface area is 172 Å². The molecule has 2 aromatic carbocycles. The van der Waals surface area contributed by atoms with Gasteiger partial charge in [0, 0.05) is 37.6 Å². The molecular formula is C23H29N5O. The van der Waals surface area contributed by atoms with Gasteiger partial charge in [-0.15, -0.1) is 0 Å². The summed E-state index contributed by atoms with van der Waals surface area (Å²) >= 11 is 0. The second-order valence-corrected chi connectivity index (χ2v) is 7.68. The van der Waals surface area contributed by atoms with E-state index in [4.69, 9.17) is 5.73 Å². The first-order chi connectivity index (χ1) is 14.2. The number of piperazine rings is 1. The number of aliphatic imine (C=N–C) groups is 1. The van der Waals surface area contributed by atoms with Gasteiger partial charge in [0.05, 0.1) is 0 Å². The number of hydrogen-bond acceptors (Lipinski definition) is 3. The molecule has 1 heterocycles. The van der Waals surface area contributed by atoms with Gasteiger partial charge in [-0.05, 0) is 55.0 Å². The van der Waals surface area contributed by atoms with Crippen LogP contribution < -0.4 is 16.0 Å². The monoisotopic (exact) mass is 391 g/mol. The standard InChI is InChI=1S/C23H29N5O/c24-23(26-21-12-6-8-18-7-4-5-11-20(18)21)25-17-22(29)28-15-13-27(14-16-28)19-9-2-1-3-10-19/h1-3,6,8-10,12H,4-5,7,11,13-17H2,(H3,24,25,26). The first-order valence-electron chi connectivity index (χ1n) is 10.5. The SMILES string of the molecule is NC(=NCC(=O)N1CCN(c2ccccc2)CC1)Nc1cccc2c1CCCC2. The number of para-hydroxylation sites is 1. The molecule has 152 valence electrons. The highest BCUT2D eigenvalue weighted by Gasteiger charge is 2.21. The fourth-order valence-corrected chi connectivity index (χ4v) is 4.18. The maximum absolute atomic E-state index is 12.5. The van der Waals surface area contributed by atoms with Crippen LogP contribution in [-0.4, -0.2) is 49.5 Å². The molecule has 0 atom stereocenters. The lowest BCUT2D eigenvalue weighted by Crippen LogP contribution is -2.49. The molecule has 1 aliphatic carbocycles. The fraction of sp³-hybridized carbons (Fsp3) is 0.391. The van der Waals surface area contributed by atoms with Gasteiger partial charge in [0.25, 0.3) is 0 Å². The number of anilines is 2. The smallest absolute Gasteiger partial charge is 0.244 e. The van der Waals surface area contributed by atoms with E-state index in [0.717, 1.165) is 31.6 Å². The zero-order valence-electron chi connectivity index (χ0n) is 16.8. The zero-order chi connectivity index (χ0) is 20.1. The van der Waals surface area contributed by atoms with Gasteiger partial charge in [0.2, 0.25) is 5.91 Å². The van der Waals surface area contributed by atoms with Gasteiger partial charge in [0.15, 0.2) is 5.96 Å². The van der Waals surface area contributed by atoms with E-state index in [-0.39, 0.29) is 12.5 Å². The molecule has 1 fully saturated rings. The summed E-state index contributed by atoms with van der Waals surface area (Å²) in [6, 6.07) is 16.6. The van der Waals surface area contributed by atoms with E-state index in [0.29, 0.717) is 19.0 Å². The third-order valence-electron chi connectivity index (χ3n) is 5.80. The lowest BCUT2D eigenvalue weighted by Gasteiger charge is -2.36. The molecule has 1 saturated heterocycles. The second-order valence-electron chi connectivity index (χ2n) is 7.68. The predicted octanol–water partition coefficient (Wildman–Crippen LogP) is 2.64. The number of nitrogens with zero attached hydrogens (tertiary/aromatic N) is 3. The van der Waals surface area contributed by atoms with Crippen molar-refractivity contribution in [2.75, 3.05) is 42.9 Å². The molecule has 6 heteroatoms. The second kappa shape index (κ2) is 8.99. The van der Waals surface area contributed by atoms with Gasteiger partial charge in [-0.2, -0.15) is 0 Å². The summed E-state index contributed by atoms with van der Waals surface area (Å²) in [4.78, 5) is 21.0. The molecule has 2 aliphatic rings. The Kier molecular flexibility index (Phi) is 5.98. The van der Waals surface area contributed by atoms with Crippen LogP contribution in [0.4, 0.5) is 11.4 Å². The van der Waals surface area contributed by atoms with Gasteiger partial charge in [-0.25, -0.2) is 4.99 Å². The van der Waals surface area contributed by atoms with Crippen molar-refractivity contribution in [1.29, 1.82) is 0 Å². The van der Waals surface area contributed by atoms with Crippen LogP contribution >= 0.6 is 0 Å². The Bertz CT molecular complexity index is 872. The van der Waals surface area contributed by atoms with Crippen LogP contribution in [0.5, 0.6) is 0 Å². The average Bonchev–Trinajstić information content (AvgIpc) is 2.78.